The Hall–Kier alpha value is -2.44. The fourth-order valence-corrected chi connectivity index (χ4v) is 3.53. The quantitative estimate of drug-likeness (QED) is 0.733. The Labute approximate surface area is 173 Å². The van der Waals surface area contributed by atoms with Crippen LogP contribution in [0.5, 0.6) is 0 Å². The van der Waals surface area contributed by atoms with E-state index in [2.05, 4.69) is 0 Å². The van der Waals surface area contributed by atoms with E-state index in [-0.39, 0.29) is 12.1 Å². The third-order valence-corrected chi connectivity index (χ3v) is 4.80. The molecule has 0 unspecified atom stereocenters. The van der Waals surface area contributed by atoms with E-state index < -0.39 is 12.2 Å². The summed E-state index contributed by atoms with van der Waals surface area (Å²) in [5.74, 6) is 0. The largest absolute Gasteiger partial charge is 0.530 e. The molecule has 2 aromatic rings. The van der Waals surface area contributed by atoms with Gasteiger partial charge in [0.1, 0.15) is 12.2 Å². The summed E-state index contributed by atoms with van der Waals surface area (Å²) >= 11 is 12.8. The van der Waals surface area contributed by atoms with Crippen molar-refractivity contribution in [2.45, 2.75) is 39.8 Å². The van der Waals surface area contributed by atoms with Crippen LogP contribution in [-0.2, 0) is 0 Å². The number of carbonyl (C=O) groups excluding carboxylic acids is 2. The predicted octanol–water partition coefficient (Wildman–Crippen LogP) is 3.78. The van der Waals surface area contributed by atoms with Gasteiger partial charge >= 0.3 is 0 Å². The highest BCUT2D eigenvalue weighted by Crippen LogP contribution is 2.37. The van der Waals surface area contributed by atoms with Crippen LogP contribution in [0.15, 0.2) is 36.4 Å². The lowest BCUT2D eigenvalue weighted by Gasteiger charge is -2.30. The number of rotatable bonds is 5. The SMILES string of the molecule is CC(C)N(C(=O)[O-])c1ccc(-c2ccc(N(C(=O)[O-])C(C)C)cc2Cl)c(Cl)c1. The summed E-state index contributed by atoms with van der Waals surface area (Å²) in [5, 5.41) is 23.3. The molecule has 2 aromatic carbocycles. The van der Waals surface area contributed by atoms with Crippen molar-refractivity contribution in [2.75, 3.05) is 9.80 Å². The Bertz CT molecular complexity index is 826. The zero-order chi connectivity index (χ0) is 21.2. The number of hydrogen-bond acceptors (Lipinski definition) is 4. The van der Waals surface area contributed by atoms with E-state index in [1.807, 2.05) is 0 Å². The van der Waals surface area contributed by atoms with E-state index in [9.17, 15) is 19.8 Å². The number of anilines is 2. The summed E-state index contributed by atoms with van der Waals surface area (Å²) in [7, 11) is 0. The van der Waals surface area contributed by atoms with Crippen LogP contribution in [0.2, 0.25) is 10.0 Å². The first kappa shape index (κ1) is 21.9. The van der Waals surface area contributed by atoms with Crippen molar-refractivity contribution in [1.29, 1.82) is 0 Å². The van der Waals surface area contributed by atoms with Gasteiger partial charge in [-0.15, -0.1) is 0 Å². The molecule has 0 fully saturated rings. The number of amides is 2. The molecule has 28 heavy (non-hydrogen) atoms. The van der Waals surface area contributed by atoms with Crippen LogP contribution in [0.4, 0.5) is 21.0 Å². The molecular formula is C20H20Cl2N2O4-2. The molecule has 6 nitrogen and oxygen atoms in total. The molecule has 0 saturated heterocycles. The molecule has 0 N–H and O–H groups in total. The zero-order valence-corrected chi connectivity index (χ0v) is 17.4. The van der Waals surface area contributed by atoms with Crippen molar-refractivity contribution < 1.29 is 19.8 Å². The van der Waals surface area contributed by atoms with Gasteiger partial charge in [-0.05, 0) is 52.0 Å². The lowest BCUT2D eigenvalue weighted by Crippen LogP contribution is -2.45. The summed E-state index contributed by atoms with van der Waals surface area (Å²) in [4.78, 5) is 24.9. The summed E-state index contributed by atoms with van der Waals surface area (Å²) < 4.78 is 0. The van der Waals surface area contributed by atoms with Gasteiger partial charge in [0, 0.05) is 34.6 Å². The van der Waals surface area contributed by atoms with Gasteiger partial charge in [-0.3, -0.25) is 0 Å². The lowest BCUT2D eigenvalue weighted by molar-refractivity contribution is -0.248. The molecule has 2 rings (SSSR count). The minimum Gasteiger partial charge on any atom is -0.530 e. The van der Waals surface area contributed by atoms with E-state index in [0.717, 1.165) is 9.80 Å². The molecule has 0 radical (unpaired) electrons. The molecular weight excluding hydrogens is 403 g/mol. The van der Waals surface area contributed by atoms with Gasteiger partial charge in [0.05, 0.1) is 10.0 Å². The first-order valence-corrected chi connectivity index (χ1v) is 9.40. The van der Waals surface area contributed by atoms with Crippen LogP contribution in [0.25, 0.3) is 11.1 Å². The zero-order valence-electron chi connectivity index (χ0n) is 15.9. The summed E-state index contributed by atoms with van der Waals surface area (Å²) in [5.41, 5.74) is 1.96. The molecule has 0 heterocycles. The monoisotopic (exact) mass is 422 g/mol. The van der Waals surface area contributed by atoms with E-state index in [1.165, 1.54) is 12.1 Å². The highest BCUT2D eigenvalue weighted by molar-refractivity contribution is 6.37. The second-order valence-electron chi connectivity index (χ2n) is 6.79. The van der Waals surface area contributed by atoms with Gasteiger partial charge in [0.25, 0.3) is 0 Å². The molecule has 0 aliphatic rings. The molecule has 0 saturated carbocycles. The molecule has 8 heteroatoms. The predicted molar refractivity (Wildman–Crippen MR) is 108 cm³/mol. The standard InChI is InChI=1S/C20H22Cl2N2O4/c1-11(2)23(19(25)26)13-5-7-15(17(21)9-13)16-8-6-14(10-18(16)22)24(12(3)4)20(27)28/h5-12H,1-4H3,(H,25,26)(H,27,28)/p-2. The van der Waals surface area contributed by atoms with Gasteiger partial charge in [-0.2, -0.15) is 0 Å². The van der Waals surface area contributed by atoms with Gasteiger partial charge in [-0.25, -0.2) is 0 Å². The fraction of sp³-hybridized carbons (Fsp3) is 0.300. The Balaban J connectivity index is 2.46. The molecule has 0 aliphatic carbocycles. The van der Waals surface area contributed by atoms with Crippen molar-refractivity contribution >= 4 is 46.8 Å². The topological polar surface area (TPSA) is 86.7 Å². The highest BCUT2D eigenvalue weighted by atomic mass is 35.5. The van der Waals surface area contributed by atoms with Crippen LogP contribution in [0.1, 0.15) is 27.7 Å². The third kappa shape index (κ3) is 4.51. The normalized spacial score (nSPS) is 11.0. The summed E-state index contributed by atoms with van der Waals surface area (Å²) in [6, 6.07) is 8.97. The second kappa shape index (κ2) is 8.71. The average Bonchev–Trinajstić information content (AvgIpc) is 2.54. The molecule has 2 amide bonds. The maximum Gasteiger partial charge on any atom is 0.141 e. The van der Waals surface area contributed by atoms with Crippen LogP contribution < -0.4 is 20.0 Å². The van der Waals surface area contributed by atoms with Gasteiger partial charge in [0.15, 0.2) is 0 Å². The van der Waals surface area contributed by atoms with Crippen molar-refractivity contribution in [3.63, 3.8) is 0 Å². The van der Waals surface area contributed by atoms with Crippen LogP contribution in [-0.4, -0.2) is 24.3 Å². The fourth-order valence-electron chi connectivity index (χ4n) is 2.97. The van der Waals surface area contributed by atoms with Gasteiger partial charge in [-0.1, -0.05) is 35.3 Å². The van der Waals surface area contributed by atoms with Crippen molar-refractivity contribution in [2.24, 2.45) is 0 Å². The van der Waals surface area contributed by atoms with E-state index in [1.54, 1.807) is 52.0 Å². The Morgan fingerprint density at radius 3 is 1.29 bits per heavy atom. The van der Waals surface area contributed by atoms with Gasteiger partial charge in [0.2, 0.25) is 0 Å². The minimum atomic E-state index is -1.32. The van der Waals surface area contributed by atoms with Crippen LogP contribution in [0.3, 0.4) is 0 Å². The number of nitrogens with zero attached hydrogens (tertiary/aromatic N) is 2. The van der Waals surface area contributed by atoms with E-state index in [0.29, 0.717) is 32.5 Å². The first-order valence-electron chi connectivity index (χ1n) is 8.64. The molecule has 0 bridgehead atoms. The molecule has 0 aromatic heterocycles. The number of halogens is 2. The average molecular weight is 423 g/mol. The number of benzene rings is 2. The van der Waals surface area contributed by atoms with Gasteiger partial charge < -0.3 is 29.6 Å². The minimum absolute atomic E-state index is 0.305. The summed E-state index contributed by atoms with van der Waals surface area (Å²) in [6.45, 7) is 6.91. The van der Waals surface area contributed by atoms with Crippen LogP contribution in [0, 0.1) is 0 Å². The number of hydrogen-bond donors (Lipinski definition) is 0. The maximum absolute atomic E-state index is 11.4. The Morgan fingerprint density at radius 2 is 1.07 bits per heavy atom. The van der Waals surface area contributed by atoms with Crippen molar-refractivity contribution in [3.8, 4) is 11.1 Å². The summed E-state index contributed by atoms with van der Waals surface area (Å²) in [6.07, 6.45) is -2.64. The van der Waals surface area contributed by atoms with Crippen molar-refractivity contribution in [1.82, 2.24) is 0 Å². The Kier molecular flexibility index (Phi) is 6.80. The smallest absolute Gasteiger partial charge is 0.141 e. The molecule has 0 atom stereocenters. The second-order valence-corrected chi connectivity index (χ2v) is 7.60. The molecule has 150 valence electrons. The third-order valence-electron chi connectivity index (χ3n) is 4.18. The van der Waals surface area contributed by atoms with E-state index in [4.69, 9.17) is 23.2 Å². The van der Waals surface area contributed by atoms with Crippen LogP contribution >= 0.6 is 23.2 Å². The molecule has 0 spiro atoms. The first-order chi connectivity index (χ1) is 13.0. The number of carbonyl (C=O) groups is 2. The highest BCUT2D eigenvalue weighted by Gasteiger charge is 2.17. The number of carboxylic acid groups (broad SMARTS) is 2. The maximum atomic E-state index is 11.4. The van der Waals surface area contributed by atoms with Crippen molar-refractivity contribution in [3.05, 3.63) is 46.4 Å². The van der Waals surface area contributed by atoms with E-state index >= 15 is 0 Å². The Morgan fingerprint density at radius 1 is 0.750 bits per heavy atom. The lowest BCUT2D eigenvalue weighted by atomic mass is 10.0. The molecule has 0 aliphatic heterocycles.